The molecule has 0 radical (unpaired) electrons. The molecule has 0 spiro atoms. The van der Waals surface area contributed by atoms with Gasteiger partial charge < -0.3 is 4.90 Å². The van der Waals surface area contributed by atoms with Crippen molar-refractivity contribution in [3.8, 4) is 0 Å². The SMILES string of the molecule is C=CCN1CCCN(C(=O)c2cccc(F)c2)CC1. The van der Waals surface area contributed by atoms with Gasteiger partial charge >= 0.3 is 0 Å². The molecule has 1 amide bonds. The van der Waals surface area contributed by atoms with Gasteiger partial charge in [0.05, 0.1) is 0 Å². The Bertz CT molecular complexity index is 461. The number of hydrogen-bond acceptors (Lipinski definition) is 2. The lowest BCUT2D eigenvalue weighted by Gasteiger charge is -2.21. The molecule has 0 N–H and O–H groups in total. The molecule has 0 unspecified atom stereocenters. The summed E-state index contributed by atoms with van der Waals surface area (Å²) in [7, 11) is 0. The predicted molar refractivity (Wildman–Crippen MR) is 73.6 cm³/mol. The molecular weight excluding hydrogens is 243 g/mol. The van der Waals surface area contributed by atoms with E-state index in [2.05, 4.69) is 11.5 Å². The first-order valence-electron chi connectivity index (χ1n) is 6.59. The van der Waals surface area contributed by atoms with Gasteiger partial charge in [-0.25, -0.2) is 4.39 Å². The van der Waals surface area contributed by atoms with E-state index in [1.165, 1.54) is 12.1 Å². The summed E-state index contributed by atoms with van der Waals surface area (Å²) < 4.78 is 13.1. The number of halogens is 1. The minimum Gasteiger partial charge on any atom is -0.337 e. The van der Waals surface area contributed by atoms with Crippen molar-refractivity contribution >= 4 is 5.91 Å². The quantitative estimate of drug-likeness (QED) is 0.779. The second kappa shape index (κ2) is 6.48. The molecule has 1 fully saturated rings. The first-order valence-corrected chi connectivity index (χ1v) is 6.59. The number of nitrogens with zero attached hydrogens (tertiary/aromatic N) is 2. The standard InChI is InChI=1S/C15H19FN2O/c1-2-7-17-8-4-9-18(11-10-17)15(19)13-5-3-6-14(16)12-13/h2-3,5-6,12H,1,4,7-11H2. The molecule has 19 heavy (non-hydrogen) atoms. The van der Waals surface area contributed by atoms with Gasteiger partial charge in [0.25, 0.3) is 5.91 Å². The lowest BCUT2D eigenvalue weighted by Crippen LogP contribution is -2.35. The lowest BCUT2D eigenvalue weighted by molar-refractivity contribution is 0.0761. The zero-order valence-corrected chi connectivity index (χ0v) is 11.0. The summed E-state index contributed by atoms with van der Waals surface area (Å²) in [6, 6.07) is 5.89. The molecule has 0 saturated carbocycles. The highest BCUT2D eigenvalue weighted by molar-refractivity contribution is 5.94. The summed E-state index contributed by atoms with van der Waals surface area (Å²) >= 11 is 0. The third kappa shape index (κ3) is 3.64. The van der Waals surface area contributed by atoms with Gasteiger partial charge in [-0.15, -0.1) is 6.58 Å². The maximum Gasteiger partial charge on any atom is 0.254 e. The van der Waals surface area contributed by atoms with Crippen LogP contribution in [0.15, 0.2) is 36.9 Å². The Balaban J connectivity index is 2.02. The highest BCUT2D eigenvalue weighted by Crippen LogP contribution is 2.10. The third-order valence-electron chi connectivity index (χ3n) is 3.33. The van der Waals surface area contributed by atoms with Crippen molar-refractivity contribution in [1.82, 2.24) is 9.80 Å². The Labute approximate surface area is 113 Å². The summed E-state index contributed by atoms with van der Waals surface area (Å²) in [5, 5.41) is 0. The first kappa shape index (κ1) is 13.7. The van der Waals surface area contributed by atoms with Crippen LogP contribution in [0, 0.1) is 5.82 Å². The third-order valence-corrected chi connectivity index (χ3v) is 3.33. The average Bonchev–Trinajstić information content (AvgIpc) is 2.64. The topological polar surface area (TPSA) is 23.6 Å². The van der Waals surface area contributed by atoms with E-state index < -0.39 is 0 Å². The summed E-state index contributed by atoms with van der Waals surface area (Å²) in [5.41, 5.74) is 0.428. The first-order chi connectivity index (χ1) is 9.20. The molecule has 3 nitrogen and oxygen atoms in total. The molecule has 1 aromatic carbocycles. The van der Waals surface area contributed by atoms with Crippen LogP contribution in [0.3, 0.4) is 0 Å². The van der Waals surface area contributed by atoms with Crippen molar-refractivity contribution in [1.29, 1.82) is 0 Å². The van der Waals surface area contributed by atoms with Crippen molar-refractivity contribution in [2.75, 3.05) is 32.7 Å². The molecule has 1 aliphatic rings. The molecule has 1 heterocycles. The number of hydrogen-bond donors (Lipinski definition) is 0. The van der Waals surface area contributed by atoms with Gasteiger partial charge in [-0.2, -0.15) is 0 Å². The van der Waals surface area contributed by atoms with Crippen molar-refractivity contribution in [3.05, 3.63) is 48.3 Å². The van der Waals surface area contributed by atoms with Crippen LogP contribution in [0.1, 0.15) is 16.8 Å². The molecular formula is C15H19FN2O. The average molecular weight is 262 g/mol. The molecule has 0 bridgehead atoms. The highest BCUT2D eigenvalue weighted by Gasteiger charge is 2.19. The normalized spacial score (nSPS) is 17.0. The van der Waals surface area contributed by atoms with Gasteiger partial charge in [0.1, 0.15) is 5.82 Å². The molecule has 0 atom stereocenters. The maximum absolute atomic E-state index is 13.1. The van der Waals surface area contributed by atoms with E-state index in [-0.39, 0.29) is 11.7 Å². The van der Waals surface area contributed by atoms with Crippen LogP contribution in [0.4, 0.5) is 4.39 Å². The van der Waals surface area contributed by atoms with Gasteiger partial charge in [0.2, 0.25) is 0 Å². The Morgan fingerprint density at radius 3 is 2.89 bits per heavy atom. The van der Waals surface area contributed by atoms with Crippen LogP contribution in [0.25, 0.3) is 0 Å². The van der Waals surface area contributed by atoms with Crippen molar-refractivity contribution in [3.63, 3.8) is 0 Å². The van der Waals surface area contributed by atoms with Gasteiger partial charge in [-0.1, -0.05) is 12.1 Å². The Kier molecular flexibility index (Phi) is 4.68. The van der Waals surface area contributed by atoms with E-state index in [1.54, 1.807) is 17.0 Å². The number of carbonyl (C=O) groups excluding carboxylic acids is 1. The van der Waals surface area contributed by atoms with Crippen LogP contribution >= 0.6 is 0 Å². The predicted octanol–water partition coefficient (Wildman–Crippen LogP) is 2.16. The largest absolute Gasteiger partial charge is 0.337 e. The van der Waals surface area contributed by atoms with Crippen LogP contribution in [0.5, 0.6) is 0 Å². The van der Waals surface area contributed by atoms with Crippen molar-refractivity contribution in [2.45, 2.75) is 6.42 Å². The molecule has 0 aromatic heterocycles. The van der Waals surface area contributed by atoms with Crippen LogP contribution in [-0.2, 0) is 0 Å². The Morgan fingerprint density at radius 1 is 1.32 bits per heavy atom. The summed E-state index contributed by atoms with van der Waals surface area (Å²) in [4.78, 5) is 16.4. The minimum absolute atomic E-state index is 0.0834. The van der Waals surface area contributed by atoms with Crippen LogP contribution in [-0.4, -0.2) is 48.4 Å². The molecule has 2 rings (SSSR count). The molecule has 4 heteroatoms. The van der Waals surface area contributed by atoms with Gasteiger partial charge in [0.15, 0.2) is 0 Å². The van der Waals surface area contributed by atoms with Gasteiger partial charge in [0, 0.05) is 38.3 Å². The van der Waals surface area contributed by atoms with E-state index in [1.807, 2.05) is 6.08 Å². The summed E-state index contributed by atoms with van der Waals surface area (Å²) in [6.07, 6.45) is 2.82. The second-order valence-electron chi connectivity index (χ2n) is 4.75. The molecule has 1 saturated heterocycles. The van der Waals surface area contributed by atoms with E-state index in [0.717, 1.165) is 32.6 Å². The smallest absolute Gasteiger partial charge is 0.254 e. The molecule has 1 aliphatic heterocycles. The van der Waals surface area contributed by atoms with Crippen LogP contribution < -0.4 is 0 Å². The fraction of sp³-hybridized carbons (Fsp3) is 0.400. The van der Waals surface area contributed by atoms with E-state index >= 15 is 0 Å². The summed E-state index contributed by atoms with van der Waals surface area (Å²) in [6.45, 7) is 7.80. The van der Waals surface area contributed by atoms with Gasteiger partial charge in [-0.05, 0) is 24.6 Å². The van der Waals surface area contributed by atoms with E-state index in [4.69, 9.17) is 0 Å². The van der Waals surface area contributed by atoms with Crippen molar-refractivity contribution in [2.24, 2.45) is 0 Å². The zero-order chi connectivity index (χ0) is 13.7. The second-order valence-corrected chi connectivity index (χ2v) is 4.75. The number of amides is 1. The van der Waals surface area contributed by atoms with E-state index in [0.29, 0.717) is 12.1 Å². The number of carbonyl (C=O) groups is 1. The van der Waals surface area contributed by atoms with E-state index in [9.17, 15) is 9.18 Å². The lowest BCUT2D eigenvalue weighted by atomic mass is 10.2. The maximum atomic E-state index is 13.1. The monoisotopic (exact) mass is 262 g/mol. The molecule has 0 aliphatic carbocycles. The Morgan fingerprint density at radius 2 is 2.16 bits per heavy atom. The number of benzene rings is 1. The Hall–Kier alpha value is -1.68. The fourth-order valence-electron chi connectivity index (χ4n) is 2.34. The van der Waals surface area contributed by atoms with Crippen LogP contribution in [0.2, 0.25) is 0 Å². The number of rotatable bonds is 3. The van der Waals surface area contributed by atoms with Gasteiger partial charge in [-0.3, -0.25) is 9.69 Å². The molecule has 102 valence electrons. The highest BCUT2D eigenvalue weighted by atomic mass is 19.1. The molecule has 1 aromatic rings. The summed E-state index contributed by atoms with van der Waals surface area (Å²) in [5.74, 6) is -0.450. The zero-order valence-electron chi connectivity index (χ0n) is 11.0. The fourth-order valence-corrected chi connectivity index (χ4v) is 2.34. The minimum atomic E-state index is -0.367. The van der Waals surface area contributed by atoms with Crippen molar-refractivity contribution < 1.29 is 9.18 Å².